The van der Waals surface area contributed by atoms with Crippen molar-refractivity contribution in [1.82, 2.24) is 4.98 Å². The molecule has 1 aromatic heterocycles. The molecule has 3 atom stereocenters. The molecule has 0 saturated heterocycles. The van der Waals surface area contributed by atoms with Crippen molar-refractivity contribution in [2.45, 2.75) is 31.7 Å². The van der Waals surface area contributed by atoms with Gasteiger partial charge in [0.15, 0.2) is 0 Å². The van der Waals surface area contributed by atoms with Crippen molar-refractivity contribution in [3.63, 3.8) is 0 Å². The Bertz CT molecular complexity index is 564. The smallest absolute Gasteiger partial charge is 0.123 e. The zero-order valence-corrected chi connectivity index (χ0v) is 11.7. The Kier molecular flexibility index (Phi) is 2.80. The summed E-state index contributed by atoms with van der Waals surface area (Å²) in [5, 5.41) is 6.89. The Morgan fingerprint density at radius 1 is 1.21 bits per heavy atom. The molecule has 2 fully saturated rings. The van der Waals surface area contributed by atoms with Crippen LogP contribution in [-0.2, 0) is 0 Å². The minimum absolute atomic E-state index is 0.699. The van der Waals surface area contributed by atoms with Crippen LogP contribution in [0.2, 0.25) is 0 Å². The van der Waals surface area contributed by atoms with Crippen molar-refractivity contribution >= 4 is 17.0 Å². The van der Waals surface area contributed by atoms with E-state index >= 15 is 0 Å². The van der Waals surface area contributed by atoms with E-state index in [2.05, 4.69) is 34.6 Å². The molecule has 4 rings (SSSR count). The van der Waals surface area contributed by atoms with Gasteiger partial charge in [0.05, 0.1) is 0 Å². The first kappa shape index (κ1) is 11.5. The Hall–Kier alpha value is -1.35. The third-order valence-electron chi connectivity index (χ3n) is 4.63. The second kappa shape index (κ2) is 4.64. The monoisotopic (exact) mass is 270 g/mol. The number of thiazole rings is 1. The van der Waals surface area contributed by atoms with Crippen molar-refractivity contribution in [1.29, 1.82) is 0 Å². The van der Waals surface area contributed by atoms with E-state index in [1.807, 2.05) is 11.6 Å². The maximum absolute atomic E-state index is 4.39. The molecule has 0 radical (unpaired) electrons. The largest absolute Gasteiger partial charge is 0.382 e. The predicted octanol–water partition coefficient (Wildman–Crippen LogP) is 4.41. The maximum atomic E-state index is 4.39. The van der Waals surface area contributed by atoms with Crippen LogP contribution in [-0.4, -0.2) is 11.0 Å². The van der Waals surface area contributed by atoms with Gasteiger partial charge < -0.3 is 5.32 Å². The quantitative estimate of drug-likeness (QED) is 0.893. The van der Waals surface area contributed by atoms with Crippen LogP contribution in [0.1, 0.15) is 25.7 Å². The van der Waals surface area contributed by atoms with Gasteiger partial charge in [0, 0.05) is 28.9 Å². The first-order valence-electron chi connectivity index (χ1n) is 7.15. The van der Waals surface area contributed by atoms with Crippen molar-refractivity contribution in [2.24, 2.45) is 11.8 Å². The second-order valence-electron chi connectivity index (χ2n) is 5.84. The zero-order valence-electron chi connectivity index (χ0n) is 10.9. The molecule has 3 unspecified atom stereocenters. The van der Waals surface area contributed by atoms with Gasteiger partial charge in [-0.25, -0.2) is 4.98 Å². The van der Waals surface area contributed by atoms with Gasteiger partial charge in [0.2, 0.25) is 0 Å². The number of hydrogen-bond acceptors (Lipinski definition) is 3. The van der Waals surface area contributed by atoms with E-state index in [4.69, 9.17) is 0 Å². The van der Waals surface area contributed by atoms with Gasteiger partial charge in [-0.1, -0.05) is 18.6 Å². The van der Waals surface area contributed by atoms with E-state index in [1.165, 1.54) is 36.9 Å². The number of rotatable bonds is 3. The van der Waals surface area contributed by atoms with Gasteiger partial charge in [0.25, 0.3) is 0 Å². The van der Waals surface area contributed by atoms with Crippen LogP contribution in [0.3, 0.4) is 0 Å². The average molecular weight is 270 g/mol. The van der Waals surface area contributed by atoms with Crippen molar-refractivity contribution in [3.05, 3.63) is 35.8 Å². The van der Waals surface area contributed by atoms with Gasteiger partial charge >= 0.3 is 0 Å². The third-order valence-corrected chi connectivity index (χ3v) is 5.45. The summed E-state index contributed by atoms with van der Waals surface area (Å²) >= 11 is 1.70. The Morgan fingerprint density at radius 3 is 2.95 bits per heavy atom. The molecule has 0 aliphatic heterocycles. The lowest BCUT2D eigenvalue weighted by Crippen LogP contribution is -2.25. The fraction of sp³-hybridized carbons (Fsp3) is 0.438. The number of hydrogen-bond donors (Lipinski definition) is 1. The molecule has 1 N–H and O–H groups in total. The minimum atomic E-state index is 0.699. The van der Waals surface area contributed by atoms with Crippen LogP contribution in [0.25, 0.3) is 10.6 Å². The Morgan fingerprint density at radius 2 is 2.21 bits per heavy atom. The normalized spacial score (nSPS) is 28.7. The molecule has 3 heteroatoms. The molecule has 0 amide bonds. The minimum Gasteiger partial charge on any atom is -0.382 e. The summed E-state index contributed by atoms with van der Waals surface area (Å²) in [6, 6.07) is 9.40. The van der Waals surface area contributed by atoms with Crippen LogP contribution >= 0.6 is 11.3 Å². The molecule has 2 aromatic rings. The van der Waals surface area contributed by atoms with Gasteiger partial charge in [-0.15, -0.1) is 11.3 Å². The summed E-state index contributed by atoms with van der Waals surface area (Å²) < 4.78 is 0. The van der Waals surface area contributed by atoms with Crippen molar-refractivity contribution < 1.29 is 0 Å². The van der Waals surface area contributed by atoms with E-state index in [9.17, 15) is 0 Å². The molecule has 2 nitrogen and oxygen atoms in total. The fourth-order valence-corrected chi connectivity index (χ4v) is 4.38. The van der Waals surface area contributed by atoms with Gasteiger partial charge in [0.1, 0.15) is 5.01 Å². The zero-order chi connectivity index (χ0) is 12.7. The number of benzene rings is 1. The highest BCUT2D eigenvalue weighted by Crippen LogP contribution is 2.45. The highest BCUT2D eigenvalue weighted by Gasteiger charge is 2.39. The number of nitrogens with one attached hydrogen (secondary N) is 1. The van der Waals surface area contributed by atoms with Crippen molar-refractivity contribution in [2.75, 3.05) is 5.32 Å². The molecule has 0 spiro atoms. The predicted molar refractivity (Wildman–Crippen MR) is 80.4 cm³/mol. The Labute approximate surface area is 117 Å². The summed E-state index contributed by atoms with van der Waals surface area (Å²) in [7, 11) is 0. The van der Waals surface area contributed by atoms with Crippen LogP contribution in [0, 0.1) is 11.8 Å². The SMILES string of the molecule is c1cc(NC2CC3CCC2C3)cc(-c2nccs2)c1. The lowest BCUT2D eigenvalue weighted by Gasteiger charge is -2.24. The summed E-state index contributed by atoms with van der Waals surface area (Å²) in [4.78, 5) is 4.39. The second-order valence-corrected chi connectivity index (χ2v) is 6.74. The first-order valence-corrected chi connectivity index (χ1v) is 8.03. The van der Waals surface area contributed by atoms with E-state index in [0.29, 0.717) is 6.04 Å². The molecule has 2 saturated carbocycles. The lowest BCUT2D eigenvalue weighted by atomic mass is 9.95. The van der Waals surface area contributed by atoms with E-state index in [0.717, 1.165) is 16.8 Å². The maximum Gasteiger partial charge on any atom is 0.123 e. The molecule has 2 aliphatic rings. The molecule has 1 aromatic carbocycles. The summed E-state index contributed by atoms with van der Waals surface area (Å²) in [5.41, 5.74) is 2.48. The molecular formula is C16H18N2S. The molecule has 1 heterocycles. The van der Waals surface area contributed by atoms with Crippen LogP contribution in [0.15, 0.2) is 35.8 Å². The number of anilines is 1. The lowest BCUT2D eigenvalue weighted by molar-refractivity contribution is 0.440. The molecule has 19 heavy (non-hydrogen) atoms. The average Bonchev–Trinajstić information content (AvgIpc) is 3.17. The third kappa shape index (κ3) is 2.16. The van der Waals surface area contributed by atoms with Crippen LogP contribution in [0.4, 0.5) is 5.69 Å². The summed E-state index contributed by atoms with van der Waals surface area (Å²) in [6.45, 7) is 0. The Balaban J connectivity index is 1.54. The van der Waals surface area contributed by atoms with Gasteiger partial charge in [-0.2, -0.15) is 0 Å². The summed E-state index contributed by atoms with van der Waals surface area (Å²) in [6.07, 6.45) is 7.57. The fourth-order valence-electron chi connectivity index (χ4n) is 3.74. The van der Waals surface area contributed by atoms with Gasteiger partial charge in [-0.3, -0.25) is 0 Å². The topological polar surface area (TPSA) is 24.9 Å². The molecular weight excluding hydrogens is 252 g/mol. The van der Waals surface area contributed by atoms with E-state index in [1.54, 1.807) is 11.3 Å². The van der Waals surface area contributed by atoms with Crippen LogP contribution < -0.4 is 5.32 Å². The first-order chi connectivity index (χ1) is 9.38. The van der Waals surface area contributed by atoms with E-state index < -0.39 is 0 Å². The highest BCUT2D eigenvalue weighted by atomic mass is 32.1. The molecule has 98 valence electrons. The molecule has 2 bridgehead atoms. The van der Waals surface area contributed by atoms with Gasteiger partial charge in [-0.05, 0) is 43.2 Å². The molecule has 2 aliphatic carbocycles. The number of fused-ring (bicyclic) bond motifs is 2. The number of nitrogens with zero attached hydrogens (tertiary/aromatic N) is 1. The standard InChI is InChI=1S/C16H18N2S/c1-2-13(16-17-6-7-19-16)10-14(3-1)18-15-9-11-4-5-12(15)8-11/h1-3,6-7,10-12,15,18H,4-5,8-9H2. The number of aromatic nitrogens is 1. The van der Waals surface area contributed by atoms with Crippen molar-refractivity contribution in [3.8, 4) is 10.6 Å². The van der Waals surface area contributed by atoms with Crippen LogP contribution in [0.5, 0.6) is 0 Å². The summed E-state index contributed by atoms with van der Waals surface area (Å²) in [5.74, 6) is 1.90. The van der Waals surface area contributed by atoms with E-state index in [-0.39, 0.29) is 0 Å². The highest BCUT2D eigenvalue weighted by molar-refractivity contribution is 7.13.